The van der Waals surface area contributed by atoms with Crippen LogP contribution in [0, 0.1) is 17.5 Å². The molecule has 3 aromatic rings. The Hall–Kier alpha value is -2.94. The summed E-state index contributed by atoms with van der Waals surface area (Å²) in [5.41, 5.74) is 3.13. The number of nitrogens with one attached hydrogen (secondary N) is 2. The molecule has 0 atom stereocenters. The molecule has 0 saturated heterocycles. The van der Waals surface area contributed by atoms with E-state index < -0.39 is 17.5 Å². The SMILES string of the molecule is Cl.Cn1c(-c2cc(F)c(C3=CCNCC3)c(F)c2)nnc1-c1ccc(C2=CCNCC2)cc1F. The Kier molecular flexibility index (Phi) is 7.21. The minimum Gasteiger partial charge on any atom is -0.313 e. The molecule has 0 aliphatic carbocycles. The van der Waals surface area contributed by atoms with Gasteiger partial charge in [0.1, 0.15) is 17.5 Å². The van der Waals surface area contributed by atoms with Gasteiger partial charge in [0.15, 0.2) is 11.6 Å². The molecule has 5 rings (SSSR count). The summed E-state index contributed by atoms with van der Waals surface area (Å²) in [6, 6.07) is 7.57. The van der Waals surface area contributed by atoms with E-state index in [9.17, 15) is 8.78 Å². The van der Waals surface area contributed by atoms with Gasteiger partial charge in [-0.3, -0.25) is 0 Å². The highest BCUT2D eigenvalue weighted by atomic mass is 35.5. The lowest BCUT2D eigenvalue weighted by atomic mass is 9.97. The molecule has 0 saturated carbocycles. The third-order valence-electron chi connectivity index (χ3n) is 6.20. The molecular weight excluding hydrogens is 463 g/mol. The number of benzene rings is 2. The number of halogens is 4. The first kappa shape index (κ1) is 24.2. The van der Waals surface area contributed by atoms with Crippen molar-refractivity contribution in [3.8, 4) is 22.8 Å². The monoisotopic (exact) mass is 487 g/mol. The molecule has 0 bridgehead atoms. The molecule has 2 aliphatic rings. The summed E-state index contributed by atoms with van der Waals surface area (Å²) in [7, 11) is 1.66. The second-order valence-corrected chi connectivity index (χ2v) is 8.28. The van der Waals surface area contributed by atoms with Crippen molar-refractivity contribution in [2.24, 2.45) is 7.05 Å². The van der Waals surface area contributed by atoms with E-state index in [1.807, 2.05) is 6.07 Å². The maximum Gasteiger partial charge on any atom is 0.166 e. The van der Waals surface area contributed by atoms with E-state index in [0.29, 0.717) is 30.9 Å². The van der Waals surface area contributed by atoms with E-state index >= 15 is 4.39 Å². The Balaban J connectivity index is 0.00000274. The van der Waals surface area contributed by atoms with Crippen molar-refractivity contribution in [1.82, 2.24) is 25.4 Å². The Morgan fingerprint density at radius 2 is 1.35 bits per heavy atom. The van der Waals surface area contributed by atoms with Crippen molar-refractivity contribution in [2.45, 2.75) is 12.8 Å². The van der Waals surface area contributed by atoms with E-state index in [-0.39, 0.29) is 34.9 Å². The van der Waals surface area contributed by atoms with Gasteiger partial charge in [-0.15, -0.1) is 22.6 Å². The molecule has 0 unspecified atom stereocenters. The average molecular weight is 488 g/mol. The molecule has 34 heavy (non-hydrogen) atoms. The van der Waals surface area contributed by atoms with Gasteiger partial charge in [-0.2, -0.15) is 0 Å². The van der Waals surface area contributed by atoms with Crippen LogP contribution < -0.4 is 10.6 Å². The second kappa shape index (κ2) is 10.1. The van der Waals surface area contributed by atoms with Gasteiger partial charge in [0, 0.05) is 31.3 Å². The number of aromatic nitrogens is 3. The van der Waals surface area contributed by atoms with Crippen LogP contribution in [0.2, 0.25) is 0 Å². The van der Waals surface area contributed by atoms with Gasteiger partial charge in [-0.25, -0.2) is 13.2 Å². The van der Waals surface area contributed by atoms with E-state index in [2.05, 4.69) is 26.9 Å². The summed E-state index contributed by atoms with van der Waals surface area (Å²) >= 11 is 0. The number of hydrogen-bond donors (Lipinski definition) is 2. The smallest absolute Gasteiger partial charge is 0.166 e. The van der Waals surface area contributed by atoms with Crippen LogP contribution in [0.4, 0.5) is 13.2 Å². The first-order valence-corrected chi connectivity index (χ1v) is 11.0. The zero-order chi connectivity index (χ0) is 22.9. The second-order valence-electron chi connectivity index (χ2n) is 8.28. The molecule has 2 aromatic carbocycles. The maximum atomic E-state index is 15.0. The highest BCUT2D eigenvalue weighted by Gasteiger charge is 2.21. The standard InChI is InChI=1S/C25H24F3N5.ClH/c1-33-24(18-13-21(27)23(22(28)14-18)16-6-10-30-11-7-16)31-32-25(33)19-3-2-17(12-20(19)26)15-4-8-29-9-5-15;/h2-4,6,12-14,29-30H,5,7-11H2,1H3;1H. The average Bonchev–Trinajstić information content (AvgIpc) is 3.21. The normalized spacial score (nSPS) is 16.0. The Morgan fingerprint density at radius 3 is 1.94 bits per heavy atom. The third-order valence-corrected chi connectivity index (χ3v) is 6.20. The summed E-state index contributed by atoms with van der Waals surface area (Å²) in [6.07, 6.45) is 5.26. The lowest BCUT2D eigenvalue weighted by molar-refractivity contribution is 0.574. The molecule has 0 amide bonds. The van der Waals surface area contributed by atoms with Gasteiger partial charge in [-0.1, -0.05) is 18.2 Å². The van der Waals surface area contributed by atoms with Crippen LogP contribution in [0.25, 0.3) is 33.9 Å². The predicted molar refractivity (Wildman–Crippen MR) is 130 cm³/mol. The Morgan fingerprint density at radius 1 is 0.765 bits per heavy atom. The van der Waals surface area contributed by atoms with Crippen molar-refractivity contribution in [3.05, 3.63) is 71.1 Å². The summed E-state index contributed by atoms with van der Waals surface area (Å²) in [5, 5.41) is 14.6. The van der Waals surface area contributed by atoms with Crippen LogP contribution in [-0.2, 0) is 7.05 Å². The molecule has 5 nitrogen and oxygen atoms in total. The first-order valence-electron chi connectivity index (χ1n) is 11.0. The zero-order valence-corrected chi connectivity index (χ0v) is 19.5. The van der Waals surface area contributed by atoms with Gasteiger partial charge < -0.3 is 15.2 Å². The van der Waals surface area contributed by atoms with E-state index in [4.69, 9.17) is 0 Å². The van der Waals surface area contributed by atoms with Crippen LogP contribution in [-0.4, -0.2) is 40.9 Å². The van der Waals surface area contributed by atoms with Crippen molar-refractivity contribution < 1.29 is 13.2 Å². The first-order chi connectivity index (χ1) is 16.0. The fraction of sp³-hybridized carbons (Fsp3) is 0.280. The molecule has 0 radical (unpaired) electrons. The predicted octanol–water partition coefficient (Wildman–Crippen LogP) is 4.74. The van der Waals surface area contributed by atoms with E-state index in [1.165, 1.54) is 18.2 Å². The van der Waals surface area contributed by atoms with Crippen LogP contribution >= 0.6 is 12.4 Å². The fourth-order valence-electron chi connectivity index (χ4n) is 4.45. The topological polar surface area (TPSA) is 54.8 Å². The molecular formula is C25H25ClF3N5. The number of nitrogens with zero attached hydrogens (tertiary/aromatic N) is 3. The van der Waals surface area contributed by atoms with Gasteiger partial charge in [0.05, 0.1) is 5.56 Å². The van der Waals surface area contributed by atoms with Crippen LogP contribution in [0.1, 0.15) is 24.0 Å². The fourth-order valence-corrected chi connectivity index (χ4v) is 4.45. The molecule has 2 N–H and O–H groups in total. The van der Waals surface area contributed by atoms with Crippen molar-refractivity contribution >= 4 is 23.6 Å². The third kappa shape index (κ3) is 4.53. The lowest BCUT2D eigenvalue weighted by Crippen LogP contribution is -2.20. The van der Waals surface area contributed by atoms with Gasteiger partial charge in [0.2, 0.25) is 0 Å². The lowest BCUT2D eigenvalue weighted by Gasteiger charge is -2.16. The molecule has 3 heterocycles. The molecule has 178 valence electrons. The minimum atomic E-state index is -0.645. The molecule has 9 heteroatoms. The molecule has 0 spiro atoms. The van der Waals surface area contributed by atoms with Crippen LogP contribution in [0.15, 0.2) is 42.5 Å². The number of rotatable bonds is 4. The van der Waals surface area contributed by atoms with Gasteiger partial charge in [-0.05, 0) is 66.9 Å². The number of hydrogen-bond acceptors (Lipinski definition) is 4. The Bertz CT molecular complexity index is 1260. The quantitative estimate of drug-likeness (QED) is 0.558. The summed E-state index contributed by atoms with van der Waals surface area (Å²) < 4.78 is 46.4. The highest BCUT2D eigenvalue weighted by Crippen LogP contribution is 2.32. The largest absolute Gasteiger partial charge is 0.313 e. The van der Waals surface area contributed by atoms with Gasteiger partial charge >= 0.3 is 0 Å². The van der Waals surface area contributed by atoms with Crippen molar-refractivity contribution in [1.29, 1.82) is 0 Å². The van der Waals surface area contributed by atoms with Crippen molar-refractivity contribution in [3.63, 3.8) is 0 Å². The van der Waals surface area contributed by atoms with Gasteiger partial charge in [0.25, 0.3) is 0 Å². The molecule has 2 aliphatic heterocycles. The Labute approximate surface area is 202 Å². The molecule has 0 fully saturated rings. The van der Waals surface area contributed by atoms with E-state index in [0.717, 1.165) is 30.6 Å². The summed E-state index contributed by atoms with van der Waals surface area (Å²) in [4.78, 5) is 0. The summed E-state index contributed by atoms with van der Waals surface area (Å²) in [6.45, 7) is 2.89. The van der Waals surface area contributed by atoms with Crippen LogP contribution in [0.5, 0.6) is 0 Å². The molecule has 1 aromatic heterocycles. The van der Waals surface area contributed by atoms with Crippen molar-refractivity contribution in [2.75, 3.05) is 26.2 Å². The summed E-state index contributed by atoms with van der Waals surface area (Å²) in [5.74, 6) is -1.15. The van der Waals surface area contributed by atoms with E-state index in [1.54, 1.807) is 23.8 Å². The van der Waals surface area contributed by atoms with Crippen LogP contribution in [0.3, 0.4) is 0 Å². The minimum absolute atomic E-state index is 0. The zero-order valence-electron chi connectivity index (χ0n) is 18.7. The highest BCUT2D eigenvalue weighted by molar-refractivity contribution is 5.85. The maximum absolute atomic E-state index is 15.0.